The summed E-state index contributed by atoms with van der Waals surface area (Å²) in [4.78, 5) is 37.4. The second kappa shape index (κ2) is 7.42. The van der Waals surface area contributed by atoms with E-state index in [1.807, 2.05) is 0 Å². The Kier molecular flexibility index (Phi) is 5.51. The molecule has 0 aromatic carbocycles. The zero-order chi connectivity index (χ0) is 18.7. The summed E-state index contributed by atoms with van der Waals surface area (Å²) >= 11 is 0. The zero-order valence-corrected chi connectivity index (χ0v) is 14.3. The molecule has 1 aliphatic heterocycles. The Morgan fingerprint density at radius 3 is 2.56 bits per heavy atom. The van der Waals surface area contributed by atoms with Gasteiger partial charge in [0.05, 0.1) is 12.2 Å². The second-order valence-electron chi connectivity index (χ2n) is 5.78. The molecule has 2 atom stereocenters. The molecule has 2 rings (SSSR count). The van der Waals surface area contributed by atoms with Gasteiger partial charge in [-0.25, -0.2) is 4.39 Å². The van der Waals surface area contributed by atoms with Crippen molar-refractivity contribution in [1.29, 1.82) is 0 Å². The highest BCUT2D eigenvalue weighted by Crippen LogP contribution is 2.23. The first-order valence-electron chi connectivity index (χ1n) is 7.85. The number of likely N-dealkylation sites (N-methyl/N-ethyl adjacent to an activating group) is 1. The Hall–Kier alpha value is -2.77. The van der Waals surface area contributed by atoms with Gasteiger partial charge in [-0.15, -0.1) is 0 Å². The monoisotopic (exact) mass is 348 g/mol. The summed E-state index contributed by atoms with van der Waals surface area (Å²) < 4.78 is 15.1. The van der Waals surface area contributed by atoms with Crippen LogP contribution in [0.3, 0.4) is 0 Å². The minimum absolute atomic E-state index is 0.0323. The smallest absolute Gasteiger partial charge is 0.245 e. The summed E-state index contributed by atoms with van der Waals surface area (Å²) in [6.45, 7) is 8.33. The Morgan fingerprint density at radius 1 is 1.36 bits per heavy atom. The van der Waals surface area contributed by atoms with Gasteiger partial charge in [-0.2, -0.15) is 5.10 Å². The Morgan fingerprint density at radius 2 is 2.04 bits per heavy atom. The van der Waals surface area contributed by atoms with Gasteiger partial charge in [-0.05, 0) is 6.08 Å². The first-order chi connectivity index (χ1) is 11.8. The number of hydrogen-bond donors (Lipinski definition) is 1. The van der Waals surface area contributed by atoms with Crippen LogP contribution in [0.2, 0.25) is 0 Å². The lowest BCUT2D eigenvalue weighted by Gasteiger charge is -2.23. The maximum absolute atomic E-state index is 13.7. The molecule has 1 aromatic rings. The van der Waals surface area contributed by atoms with Crippen molar-refractivity contribution in [3.8, 4) is 0 Å². The van der Waals surface area contributed by atoms with Crippen molar-refractivity contribution in [1.82, 2.24) is 20.0 Å². The number of nitrogens with zero attached hydrogens (tertiary/aromatic N) is 3. The molecule has 25 heavy (non-hydrogen) atoms. The number of ketones is 1. The third-order valence-electron chi connectivity index (χ3n) is 4.17. The standard InChI is InChI=1S/C17H21FN4O3/c1-5-12-13(6-2)22(20-16(12)10(3)23)9-15(24)21-8-11(18)7-14(21)17(25)19-4/h5-6,11,14H,1-2,7-9H2,3-4H3,(H,19,25). The molecular formula is C17H21FN4O3. The van der Waals surface area contributed by atoms with Crippen LogP contribution in [-0.4, -0.2) is 58.1 Å². The molecule has 1 aromatic heterocycles. The van der Waals surface area contributed by atoms with Gasteiger partial charge in [0.25, 0.3) is 0 Å². The van der Waals surface area contributed by atoms with Gasteiger partial charge in [0, 0.05) is 26.0 Å². The minimum Gasteiger partial charge on any atom is -0.357 e. The summed E-state index contributed by atoms with van der Waals surface area (Å²) in [6, 6.07) is -0.846. The molecule has 0 spiro atoms. The van der Waals surface area contributed by atoms with Crippen LogP contribution in [-0.2, 0) is 16.1 Å². The number of carbonyl (C=O) groups excluding carboxylic acids is 3. The maximum atomic E-state index is 13.7. The Balaban J connectivity index is 2.31. The molecule has 0 aliphatic carbocycles. The highest BCUT2D eigenvalue weighted by atomic mass is 19.1. The van der Waals surface area contributed by atoms with Crippen LogP contribution < -0.4 is 5.32 Å². The van der Waals surface area contributed by atoms with E-state index in [0.29, 0.717) is 11.3 Å². The van der Waals surface area contributed by atoms with Crippen molar-refractivity contribution < 1.29 is 18.8 Å². The summed E-state index contributed by atoms with van der Waals surface area (Å²) in [5.74, 6) is -1.13. The highest BCUT2D eigenvalue weighted by Gasteiger charge is 2.39. The van der Waals surface area contributed by atoms with Gasteiger partial charge in [0.2, 0.25) is 11.8 Å². The predicted octanol–water partition coefficient (Wildman–Crippen LogP) is 1.06. The van der Waals surface area contributed by atoms with Crippen LogP contribution in [0.15, 0.2) is 13.2 Å². The van der Waals surface area contributed by atoms with Crippen LogP contribution in [0.1, 0.15) is 35.1 Å². The normalized spacial score (nSPS) is 19.6. The molecule has 1 saturated heterocycles. The average molecular weight is 348 g/mol. The van der Waals surface area contributed by atoms with Crippen LogP contribution in [0.25, 0.3) is 12.2 Å². The Bertz CT molecular complexity index is 740. The van der Waals surface area contributed by atoms with Crippen LogP contribution in [0, 0.1) is 0 Å². The summed E-state index contributed by atoms with van der Waals surface area (Å²) in [7, 11) is 1.44. The summed E-state index contributed by atoms with van der Waals surface area (Å²) in [6.07, 6.45) is 1.67. The van der Waals surface area contributed by atoms with Crippen molar-refractivity contribution in [3.05, 3.63) is 30.1 Å². The average Bonchev–Trinajstić information content (AvgIpc) is 3.14. The van der Waals surface area contributed by atoms with Crippen molar-refractivity contribution in [2.24, 2.45) is 0 Å². The van der Waals surface area contributed by atoms with Gasteiger partial charge in [0.1, 0.15) is 24.5 Å². The van der Waals surface area contributed by atoms with Crippen molar-refractivity contribution in [2.45, 2.75) is 32.1 Å². The molecule has 0 radical (unpaired) electrons. The van der Waals surface area contributed by atoms with Crippen LogP contribution in [0.4, 0.5) is 4.39 Å². The number of carbonyl (C=O) groups is 3. The lowest BCUT2D eigenvalue weighted by Crippen LogP contribution is -2.46. The number of alkyl halides is 1. The molecule has 0 bridgehead atoms. The van der Waals surface area contributed by atoms with Crippen molar-refractivity contribution >= 4 is 29.7 Å². The molecule has 1 aliphatic rings. The Labute approximate surface area is 145 Å². The van der Waals surface area contributed by atoms with Crippen LogP contribution >= 0.6 is 0 Å². The number of likely N-dealkylation sites (tertiary alicyclic amines) is 1. The molecule has 1 N–H and O–H groups in total. The van der Waals surface area contributed by atoms with Gasteiger partial charge >= 0.3 is 0 Å². The molecule has 8 heteroatoms. The minimum atomic E-state index is -1.25. The van der Waals surface area contributed by atoms with Crippen molar-refractivity contribution in [2.75, 3.05) is 13.6 Å². The number of amides is 2. The van der Waals surface area contributed by atoms with Crippen LogP contribution in [0.5, 0.6) is 0 Å². The number of aromatic nitrogens is 2. The SMILES string of the molecule is C=Cc1c(C(C)=O)nn(CC(=O)N2CC(F)CC2C(=O)NC)c1C=C. The largest absolute Gasteiger partial charge is 0.357 e. The molecule has 7 nitrogen and oxygen atoms in total. The van der Waals surface area contributed by atoms with E-state index in [-0.39, 0.29) is 31.0 Å². The van der Waals surface area contributed by atoms with E-state index in [0.717, 1.165) is 0 Å². The number of Topliss-reactive ketones (excluding diaryl/α,β-unsaturated/α-hetero) is 1. The van der Waals surface area contributed by atoms with E-state index in [9.17, 15) is 18.8 Å². The summed E-state index contributed by atoms with van der Waals surface area (Å²) in [5, 5.41) is 6.59. The first kappa shape index (κ1) is 18.6. The lowest BCUT2D eigenvalue weighted by molar-refractivity contribution is -0.138. The topological polar surface area (TPSA) is 84.3 Å². The van der Waals surface area contributed by atoms with E-state index in [2.05, 4.69) is 23.6 Å². The molecule has 2 unspecified atom stereocenters. The fourth-order valence-electron chi connectivity index (χ4n) is 2.98. The molecule has 134 valence electrons. The van der Waals surface area contributed by atoms with E-state index >= 15 is 0 Å². The molecule has 2 amide bonds. The quantitative estimate of drug-likeness (QED) is 0.779. The maximum Gasteiger partial charge on any atom is 0.245 e. The fraction of sp³-hybridized carbons (Fsp3) is 0.412. The zero-order valence-electron chi connectivity index (χ0n) is 14.3. The third kappa shape index (κ3) is 3.52. The number of rotatable bonds is 6. The number of nitrogens with one attached hydrogen (secondary N) is 1. The van der Waals surface area contributed by atoms with Gasteiger partial charge in [-0.3, -0.25) is 19.1 Å². The predicted molar refractivity (Wildman–Crippen MR) is 91.5 cm³/mol. The van der Waals surface area contributed by atoms with Crippen molar-refractivity contribution in [3.63, 3.8) is 0 Å². The second-order valence-corrected chi connectivity index (χ2v) is 5.78. The molecular weight excluding hydrogens is 327 g/mol. The number of hydrogen-bond acceptors (Lipinski definition) is 4. The molecule has 2 heterocycles. The first-order valence-corrected chi connectivity index (χ1v) is 7.85. The highest BCUT2D eigenvalue weighted by molar-refractivity contribution is 5.97. The molecule has 0 saturated carbocycles. The van der Waals surface area contributed by atoms with Gasteiger partial charge < -0.3 is 10.2 Å². The fourth-order valence-corrected chi connectivity index (χ4v) is 2.98. The van der Waals surface area contributed by atoms with E-state index in [4.69, 9.17) is 0 Å². The van der Waals surface area contributed by atoms with Gasteiger partial charge in [-0.1, -0.05) is 19.2 Å². The summed E-state index contributed by atoms with van der Waals surface area (Å²) in [5.41, 5.74) is 1.15. The van der Waals surface area contributed by atoms with E-state index in [1.54, 1.807) is 0 Å². The van der Waals surface area contributed by atoms with E-state index < -0.39 is 24.0 Å². The van der Waals surface area contributed by atoms with Gasteiger partial charge in [0.15, 0.2) is 5.78 Å². The lowest BCUT2D eigenvalue weighted by atomic mass is 10.1. The van der Waals surface area contributed by atoms with E-state index in [1.165, 1.54) is 35.7 Å². The third-order valence-corrected chi connectivity index (χ3v) is 4.17. The molecule has 1 fully saturated rings. The number of halogens is 1.